The number of aromatic nitrogens is 2. The van der Waals surface area contributed by atoms with Crippen molar-refractivity contribution < 1.29 is 0 Å². The second-order valence-electron chi connectivity index (χ2n) is 7.05. The Morgan fingerprint density at radius 1 is 0.815 bits per heavy atom. The first kappa shape index (κ1) is 16.2. The van der Waals surface area contributed by atoms with Crippen LogP contribution in [0.4, 0.5) is 5.69 Å². The van der Waals surface area contributed by atoms with E-state index in [-0.39, 0.29) is 5.41 Å². The van der Waals surface area contributed by atoms with Crippen LogP contribution in [0.25, 0.3) is 20.9 Å². The van der Waals surface area contributed by atoms with Crippen molar-refractivity contribution >= 4 is 27.4 Å². The molecule has 0 spiro atoms. The number of anilines is 1. The van der Waals surface area contributed by atoms with Gasteiger partial charge in [-0.2, -0.15) is 0 Å². The van der Waals surface area contributed by atoms with Gasteiger partial charge in [0, 0.05) is 25.3 Å². The van der Waals surface area contributed by atoms with Crippen molar-refractivity contribution in [3.05, 3.63) is 90.1 Å². The van der Waals surface area contributed by atoms with Crippen LogP contribution in [-0.4, -0.2) is 24.1 Å². The minimum atomic E-state index is -0.146. The van der Waals surface area contributed by atoms with Gasteiger partial charge in [0.15, 0.2) is 0 Å². The summed E-state index contributed by atoms with van der Waals surface area (Å²) in [5, 5.41) is 1.01. The minimum Gasteiger partial charge on any atom is -0.378 e. The normalized spacial score (nSPS) is 14.4. The van der Waals surface area contributed by atoms with Crippen molar-refractivity contribution in [1.82, 2.24) is 9.97 Å². The van der Waals surface area contributed by atoms with Crippen LogP contribution in [0, 0.1) is 0 Å². The predicted octanol–water partition coefficient (Wildman–Crippen LogP) is 5.28. The summed E-state index contributed by atoms with van der Waals surface area (Å²) in [6, 6.07) is 23.2. The molecule has 2 aromatic heterocycles. The van der Waals surface area contributed by atoms with Gasteiger partial charge in [-0.3, -0.25) is 0 Å². The third-order valence-electron chi connectivity index (χ3n) is 5.06. The van der Waals surface area contributed by atoms with E-state index >= 15 is 0 Å². The van der Waals surface area contributed by atoms with E-state index in [9.17, 15) is 0 Å². The Labute approximate surface area is 162 Å². The average molecular weight is 369 g/mol. The molecule has 4 aromatic rings. The third kappa shape index (κ3) is 2.73. The maximum Gasteiger partial charge on any atom is 0.144 e. The molecule has 0 unspecified atom stereocenters. The second kappa shape index (κ2) is 6.03. The minimum absolute atomic E-state index is 0.146. The van der Waals surface area contributed by atoms with E-state index in [0.29, 0.717) is 0 Å². The molecular formula is C23H19N3S. The van der Waals surface area contributed by atoms with Gasteiger partial charge in [0.2, 0.25) is 0 Å². The lowest BCUT2D eigenvalue weighted by atomic mass is 9.89. The molecule has 0 aliphatic heterocycles. The first-order valence-corrected chi connectivity index (χ1v) is 9.79. The van der Waals surface area contributed by atoms with Gasteiger partial charge in [-0.25, -0.2) is 9.97 Å². The fourth-order valence-electron chi connectivity index (χ4n) is 3.38. The van der Waals surface area contributed by atoms with E-state index in [1.807, 2.05) is 20.2 Å². The number of allylic oxidation sites excluding steroid dienone is 2. The molecule has 4 heteroatoms. The smallest absolute Gasteiger partial charge is 0.144 e. The number of thiazole rings is 1. The highest BCUT2D eigenvalue weighted by Crippen LogP contribution is 2.44. The number of hydrogen-bond donors (Lipinski definition) is 0. The fraction of sp³-hybridized carbons (Fsp3) is 0.130. The van der Waals surface area contributed by atoms with Crippen LogP contribution in [0.3, 0.4) is 0 Å². The molecule has 1 aliphatic carbocycles. The highest BCUT2D eigenvalue weighted by atomic mass is 32.1. The van der Waals surface area contributed by atoms with E-state index in [1.54, 1.807) is 11.3 Å². The average Bonchev–Trinajstić information content (AvgIpc) is 3.41. The molecule has 1 aliphatic rings. The van der Waals surface area contributed by atoms with Crippen LogP contribution in [0.2, 0.25) is 0 Å². The summed E-state index contributed by atoms with van der Waals surface area (Å²) >= 11 is 1.65. The largest absolute Gasteiger partial charge is 0.378 e. The number of pyridine rings is 1. The molecule has 0 saturated carbocycles. The second-order valence-corrected chi connectivity index (χ2v) is 8.03. The summed E-state index contributed by atoms with van der Waals surface area (Å²) < 4.78 is 0. The number of fused-ring (bicyclic) bond motifs is 1. The van der Waals surface area contributed by atoms with Gasteiger partial charge >= 0.3 is 0 Å². The number of nitrogens with zero attached hydrogens (tertiary/aromatic N) is 3. The Bertz CT molecular complexity index is 1140. The van der Waals surface area contributed by atoms with Gasteiger partial charge in [-0.15, -0.1) is 0 Å². The van der Waals surface area contributed by atoms with E-state index in [4.69, 9.17) is 9.97 Å². The van der Waals surface area contributed by atoms with E-state index < -0.39 is 0 Å². The van der Waals surface area contributed by atoms with Crippen molar-refractivity contribution in [3.8, 4) is 10.6 Å². The zero-order valence-corrected chi connectivity index (χ0v) is 16.1. The summed E-state index contributed by atoms with van der Waals surface area (Å²) in [4.78, 5) is 12.8. The van der Waals surface area contributed by atoms with Crippen molar-refractivity contribution in [1.29, 1.82) is 0 Å². The van der Waals surface area contributed by atoms with Crippen LogP contribution in [0.5, 0.6) is 0 Å². The van der Waals surface area contributed by atoms with Gasteiger partial charge < -0.3 is 4.90 Å². The quantitative estimate of drug-likeness (QED) is 0.458. The molecule has 0 atom stereocenters. The molecule has 0 fully saturated rings. The zero-order valence-electron chi connectivity index (χ0n) is 15.3. The molecule has 132 valence electrons. The summed E-state index contributed by atoms with van der Waals surface area (Å²) in [6.45, 7) is 0. The maximum atomic E-state index is 4.96. The fourth-order valence-corrected chi connectivity index (χ4v) is 4.32. The molecule has 2 aromatic carbocycles. The first-order chi connectivity index (χ1) is 13.2. The topological polar surface area (TPSA) is 29.0 Å². The molecular weight excluding hydrogens is 350 g/mol. The van der Waals surface area contributed by atoms with E-state index in [1.165, 1.54) is 11.3 Å². The van der Waals surface area contributed by atoms with E-state index in [2.05, 4.69) is 77.7 Å². The summed E-state index contributed by atoms with van der Waals surface area (Å²) in [7, 11) is 4.10. The number of rotatable bonds is 4. The lowest BCUT2D eigenvalue weighted by molar-refractivity contribution is 0.887. The van der Waals surface area contributed by atoms with Crippen LogP contribution in [0.15, 0.2) is 78.9 Å². The summed E-state index contributed by atoms with van der Waals surface area (Å²) in [5.41, 5.74) is 5.46. The Morgan fingerprint density at radius 3 is 2.22 bits per heavy atom. The third-order valence-corrected chi connectivity index (χ3v) is 6.08. The standard InChI is InChI=1S/C23H19N3S/c1-26(2)18-10-8-16(9-11-18)21-24-19-12-13-20(25-22(19)27-21)23(14-15-23)17-6-4-3-5-7-17/h3-15H,1-2H3. The number of benzene rings is 2. The highest BCUT2D eigenvalue weighted by Gasteiger charge is 2.39. The molecule has 0 radical (unpaired) electrons. The first-order valence-electron chi connectivity index (χ1n) is 8.97. The van der Waals surface area contributed by atoms with Gasteiger partial charge in [0.1, 0.15) is 15.4 Å². The maximum absolute atomic E-state index is 4.96. The summed E-state index contributed by atoms with van der Waals surface area (Å²) in [5.74, 6) is 0. The molecule has 2 heterocycles. The molecule has 0 amide bonds. The number of hydrogen-bond acceptors (Lipinski definition) is 4. The monoisotopic (exact) mass is 369 g/mol. The van der Waals surface area contributed by atoms with Crippen LogP contribution >= 0.6 is 11.3 Å². The lowest BCUT2D eigenvalue weighted by Crippen LogP contribution is -2.12. The Balaban J connectivity index is 1.52. The van der Waals surface area contributed by atoms with Crippen molar-refractivity contribution in [2.45, 2.75) is 5.41 Å². The van der Waals surface area contributed by atoms with Crippen LogP contribution in [0.1, 0.15) is 11.3 Å². The highest BCUT2D eigenvalue weighted by molar-refractivity contribution is 7.21. The Hall–Kier alpha value is -2.98. The van der Waals surface area contributed by atoms with Crippen molar-refractivity contribution in [2.24, 2.45) is 0 Å². The summed E-state index contributed by atoms with van der Waals surface area (Å²) in [6.07, 6.45) is 4.44. The Morgan fingerprint density at radius 2 is 1.56 bits per heavy atom. The van der Waals surface area contributed by atoms with E-state index in [0.717, 1.165) is 26.6 Å². The molecule has 3 nitrogen and oxygen atoms in total. The van der Waals surface area contributed by atoms with Gasteiger partial charge in [-0.05, 0) is 42.0 Å². The lowest BCUT2D eigenvalue weighted by Gasteiger charge is -2.15. The molecule has 5 rings (SSSR count). The zero-order chi connectivity index (χ0) is 18.4. The SMILES string of the molecule is CN(C)c1ccc(-c2nc3ccc(C4(c5ccccc5)C=C4)nc3s2)cc1. The van der Waals surface area contributed by atoms with Gasteiger partial charge in [-0.1, -0.05) is 53.8 Å². The molecule has 0 saturated heterocycles. The molecule has 0 bridgehead atoms. The molecule has 27 heavy (non-hydrogen) atoms. The van der Waals surface area contributed by atoms with Gasteiger partial charge in [0.05, 0.1) is 11.1 Å². The van der Waals surface area contributed by atoms with Crippen LogP contribution < -0.4 is 4.90 Å². The van der Waals surface area contributed by atoms with Crippen LogP contribution in [-0.2, 0) is 5.41 Å². The van der Waals surface area contributed by atoms with Crippen molar-refractivity contribution in [3.63, 3.8) is 0 Å². The van der Waals surface area contributed by atoms with Gasteiger partial charge in [0.25, 0.3) is 0 Å². The predicted molar refractivity (Wildman–Crippen MR) is 114 cm³/mol. The van der Waals surface area contributed by atoms with Crippen molar-refractivity contribution in [2.75, 3.05) is 19.0 Å². The Kier molecular flexibility index (Phi) is 3.62. The molecule has 0 N–H and O–H groups in total.